The fourth-order valence-corrected chi connectivity index (χ4v) is 9.44. The molecule has 7 N–H and O–H groups in total. The number of allylic oxidation sites excluding steroid dienone is 2. The van der Waals surface area contributed by atoms with Crippen LogP contribution in [0.3, 0.4) is 0 Å². The van der Waals surface area contributed by atoms with Gasteiger partial charge in [0, 0.05) is 61.5 Å². The number of aromatic nitrogens is 2. The van der Waals surface area contributed by atoms with Crippen LogP contribution in [0.25, 0.3) is 11.1 Å². The molecule has 1 fully saturated rings. The maximum atomic E-state index is 7.30. The van der Waals surface area contributed by atoms with E-state index in [2.05, 4.69) is 90.3 Å². The zero-order valence-corrected chi connectivity index (χ0v) is 35.2. The molecule has 0 spiro atoms. The standard InChI is InChI=1S/C43H58Cl2N10O2/c1-25-18-34(46-3)53-42(49-25)52-33-22-31-20-27(24-57-41(31)37(39(33)45)29-9-6-15-55(4)16-12-29)23-48-35-19-26(2)50-43(54-35)51-32-21-30-10-7-17-56-40(30)36(38(32)44)28-8-5-13-47-14-11-28/h11-12,18,21-22,26-27,35,43,47-48,50-51,54H,5-10,13-17,19-20,23-24H2,1-4H3,(H2,46,49,52,53). The minimum atomic E-state index is -0.176. The molecule has 1 aromatic heterocycles. The van der Waals surface area contributed by atoms with Gasteiger partial charge in [-0.25, -0.2) is 4.98 Å². The number of aryl methyl sites for hydroxylation is 2. The molecule has 0 amide bonds. The highest BCUT2D eigenvalue weighted by Gasteiger charge is 2.32. The third-order valence-electron chi connectivity index (χ3n) is 11.7. The molecule has 2 aromatic carbocycles. The summed E-state index contributed by atoms with van der Waals surface area (Å²) in [5, 5.41) is 26.5. The third kappa shape index (κ3) is 9.33. The van der Waals surface area contributed by atoms with E-state index in [1.165, 1.54) is 16.7 Å². The average molecular weight is 818 g/mol. The lowest BCUT2D eigenvalue weighted by Gasteiger charge is -2.39. The topological polar surface area (TPSA) is 132 Å². The van der Waals surface area contributed by atoms with Crippen molar-refractivity contribution in [2.24, 2.45) is 5.92 Å². The van der Waals surface area contributed by atoms with Gasteiger partial charge in [-0.3, -0.25) is 10.6 Å². The first-order valence-electron chi connectivity index (χ1n) is 20.8. The van der Waals surface area contributed by atoms with Crippen molar-refractivity contribution in [3.8, 4) is 11.5 Å². The lowest BCUT2D eigenvalue weighted by atomic mass is 9.90. The van der Waals surface area contributed by atoms with Gasteiger partial charge in [-0.2, -0.15) is 4.98 Å². The molecule has 4 unspecified atom stereocenters. The second-order valence-electron chi connectivity index (χ2n) is 16.3. The van der Waals surface area contributed by atoms with Gasteiger partial charge in [-0.05, 0) is 120 Å². The number of benzene rings is 2. The summed E-state index contributed by atoms with van der Waals surface area (Å²) in [6.45, 7) is 10.1. The Bertz CT molecular complexity index is 2010. The quantitative estimate of drug-likeness (QED) is 0.115. The van der Waals surface area contributed by atoms with Crippen LogP contribution in [0.15, 0.2) is 30.4 Å². The van der Waals surface area contributed by atoms with E-state index in [-0.39, 0.29) is 24.4 Å². The fraction of sp³-hybridized carbons (Fsp3) is 0.535. The molecule has 0 aliphatic carbocycles. The summed E-state index contributed by atoms with van der Waals surface area (Å²) in [6, 6.07) is 6.52. The molecule has 6 heterocycles. The van der Waals surface area contributed by atoms with Crippen LogP contribution < -0.4 is 46.7 Å². The summed E-state index contributed by atoms with van der Waals surface area (Å²) >= 11 is 14.6. The van der Waals surface area contributed by atoms with E-state index >= 15 is 0 Å². The van der Waals surface area contributed by atoms with Gasteiger partial charge in [0.25, 0.3) is 0 Å². The molecule has 12 nitrogen and oxygen atoms in total. The Kier molecular flexibility index (Phi) is 12.8. The van der Waals surface area contributed by atoms with Crippen molar-refractivity contribution in [1.82, 2.24) is 36.1 Å². The Morgan fingerprint density at radius 3 is 2.56 bits per heavy atom. The second-order valence-corrected chi connectivity index (χ2v) is 17.0. The molecule has 4 atom stereocenters. The first-order chi connectivity index (χ1) is 27.7. The van der Waals surface area contributed by atoms with E-state index in [0.29, 0.717) is 17.6 Å². The highest BCUT2D eigenvalue weighted by Crippen LogP contribution is 2.47. The first kappa shape index (κ1) is 40.2. The van der Waals surface area contributed by atoms with Crippen molar-refractivity contribution < 1.29 is 9.47 Å². The molecule has 14 heteroatoms. The van der Waals surface area contributed by atoms with Crippen LogP contribution in [0.5, 0.6) is 11.5 Å². The van der Waals surface area contributed by atoms with Crippen LogP contribution in [0.1, 0.15) is 73.4 Å². The molecule has 0 saturated carbocycles. The van der Waals surface area contributed by atoms with Crippen LogP contribution >= 0.6 is 23.2 Å². The largest absolute Gasteiger partial charge is 0.493 e. The maximum absolute atomic E-state index is 7.30. The summed E-state index contributed by atoms with van der Waals surface area (Å²) in [5.41, 5.74) is 9.48. The lowest BCUT2D eigenvalue weighted by Crippen LogP contribution is -2.64. The average Bonchev–Trinajstić information content (AvgIpc) is 3.60. The Labute approximate surface area is 347 Å². The van der Waals surface area contributed by atoms with Gasteiger partial charge in [0.15, 0.2) is 0 Å². The molecule has 5 aliphatic heterocycles. The van der Waals surface area contributed by atoms with E-state index in [4.69, 9.17) is 32.7 Å². The molecular weight excluding hydrogens is 759 g/mol. The minimum absolute atomic E-state index is 0.0842. The van der Waals surface area contributed by atoms with E-state index in [1.807, 2.05) is 20.0 Å². The molecule has 306 valence electrons. The smallest absolute Gasteiger partial charge is 0.229 e. The van der Waals surface area contributed by atoms with Gasteiger partial charge in [0.1, 0.15) is 23.6 Å². The van der Waals surface area contributed by atoms with Crippen LogP contribution in [0, 0.1) is 12.8 Å². The Hall–Kier alpha value is -3.62. The van der Waals surface area contributed by atoms with E-state index < -0.39 is 0 Å². The highest BCUT2D eigenvalue weighted by atomic mass is 35.5. The predicted octanol–water partition coefficient (Wildman–Crippen LogP) is 6.91. The number of halogens is 2. The molecule has 0 radical (unpaired) electrons. The first-order valence-corrected chi connectivity index (χ1v) is 21.5. The maximum Gasteiger partial charge on any atom is 0.229 e. The number of likely N-dealkylation sites (N-methyl/N-ethyl adjacent to an activating group) is 1. The molecular formula is C43H58Cl2N10O2. The van der Waals surface area contributed by atoms with Gasteiger partial charge in [-0.1, -0.05) is 35.4 Å². The van der Waals surface area contributed by atoms with Gasteiger partial charge >= 0.3 is 0 Å². The lowest BCUT2D eigenvalue weighted by molar-refractivity contribution is 0.191. The third-order valence-corrected chi connectivity index (χ3v) is 12.5. The van der Waals surface area contributed by atoms with Crippen LogP contribution in [-0.2, 0) is 12.8 Å². The van der Waals surface area contributed by atoms with Crippen molar-refractivity contribution in [2.45, 2.75) is 83.7 Å². The van der Waals surface area contributed by atoms with E-state index in [1.54, 1.807) is 0 Å². The Morgan fingerprint density at radius 1 is 0.912 bits per heavy atom. The molecule has 1 saturated heterocycles. The number of nitrogens with zero attached hydrogens (tertiary/aromatic N) is 3. The summed E-state index contributed by atoms with van der Waals surface area (Å²) in [5.74, 6) is 3.38. The highest BCUT2D eigenvalue weighted by molar-refractivity contribution is 6.36. The van der Waals surface area contributed by atoms with E-state index in [9.17, 15) is 0 Å². The zero-order valence-electron chi connectivity index (χ0n) is 33.7. The number of hydrogen-bond acceptors (Lipinski definition) is 12. The normalized spacial score (nSPS) is 24.0. The number of nitrogens with one attached hydrogen (secondary N) is 7. The van der Waals surface area contributed by atoms with Gasteiger partial charge in [0.2, 0.25) is 5.95 Å². The fourth-order valence-electron chi connectivity index (χ4n) is 8.81. The Balaban J connectivity index is 0.989. The predicted molar refractivity (Wildman–Crippen MR) is 233 cm³/mol. The summed E-state index contributed by atoms with van der Waals surface area (Å²) in [6.07, 6.45) is 12.3. The van der Waals surface area contributed by atoms with Crippen molar-refractivity contribution in [2.75, 3.05) is 76.0 Å². The van der Waals surface area contributed by atoms with Crippen molar-refractivity contribution in [3.63, 3.8) is 0 Å². The number of fused-ring (bicyclic) bond motifs is 2. The number of ether oxygens (including phenoxy) is 2. The van der Waals surface area contributed by atoms with Gasteiger partial charge in [0.05, 0.1) is 40.8 Å². The molecule has 5 aliphatic rings. The summed E-state index contributed by atoms with van der Waals surface area (Å²) < 4.78 is 13.0. The zero-order chi connectivity index (χ0) is 39.5. The number of rotatable bonds is 10. The molecule has 57 heavy (non-hydrogen) atoms. The summed E-state index contributed by atoms with van der Waals surface area (Å²) in [4.78, 5) is 11.7. The monoisotopic (exact) mass is 816 g/mol. The molecule has 0 bridgehead atoms. The van der Waals surface area contributed by atoms with Gasteiger partial charge < -0.3 is 41.0 Å². The van der Waals surface area contributed by atoms with Crippen molar-refractivity contribution in [1.29, 1.82) is 0 Å². The van der Waals surface area contributed by atoms with Crippen molar-refractivity contribution in [3.05, 3.63) is 68.3 Å². The molecule has 3 aromatic rings. The van der Waals surface area contributed by atoms with Crippen molar-refractivity contribution >= 4 is 57.5 Å². The second kappa shape index (κ2) is 18.1. The minimum Gasteiger partial charge on any atom is -0.493 e. The summed E-state index contributed by atoms with van der Waals surface area (Å²) in [7, 11) is 4.02. The van der Waals surface area contributed by atoms with Crippen LogP contribution in [0.4, 0.5) is 23.1 Å². The number of hydrogen-bond donors (Lipinski definition) is 7. The Morgan fingerprint density at radius 2 is 1.70 bits per heavy atom. The SMILES string of the molecule is CNc1cc(C)nc(Nc2cc3c(c(C4=CCN(C)CCC4)c2Cl)OCC(CNC2CC(C)NC(Nc4cc5c(c(C6=CCNCCC6)c4Cl)OCCC5)N2)C3)n1. The molecule has 8 rings (SSSR count). The number of anilines is 4. The van der Waals surface area contributed by atoms with Crippen LogP contribution in [-0.4, -0.2) is 93.4 Å². The van der Waals surface area contributed by atoms with Gasteiger partial charge in [-0.15, -0.1) is 0 Å². The van der Waals surface area contributed by atoms with E-state index in [0.717, 1.165) is 147 Å². The van der Waals surface area contributed by atoms with Crippen LogP contribution in [0.2, 0.25) is 10.0 Å².